The molecule has 0 aromatic heterocycles. The zero-order chi connectivity index (χ0) is 20.2. The third kappa shape index (κ3) is 5.59. The van der Waals surface area contributed by atoms with Crippen molar-refractivity contribution in [2.75, 3.05) is 0 Å². The molecule has 0 radical (unpaired) electrons. The van der Waals surface area contributed by atoms with Crippen LogP contribution < -0.4 is 9.47 Å². The Balaban J connectivity index is 2.32. The molecule has 0 aliphatic heterocycles. The van der Waals surface area contributed by atoms with Gasteiger partial charge in [-0.15, -0.1) is 0 Å². The van der Waals surface area contributed by atoms with Gasteiger partial charge in [-0.2, -0.15) is 13.2 Å². The van der Waals surface area contributed by atoms with Gasteiger partial charge in [0.2, 0.25) is 5.03 Å². The van der Waals surface area contributed by atoms with Gasteiger partial charge in [0, 0.05) is 11.1 Å². The van der Waals surface area contributed by atoms with E-state index in [1.807, 2.05) is 0 Å². The van der Waals surface area contributed by atoms with Gasteiger partial charge < -0.3 is 9.47 Å². The molecule has 2 rings (SSSR count). The molecule has 4 nitrogen and oxygen atoms in total. The first-order valence-corrected chi connectivity index (χ1v) is 8.00. The highest BCUT2D eigenvalue weighted by Gasteiger charge is 2.38. The molecule has 0 saturated heterocycles. The largest absolute Gasteiger partial charge is 0.433 e. The number of carbonyl (C=O) groups excluding carboxylic acids is 2. The van der Waals surface area contributed by atoms with Crippen LogP contribution in [0.15, 0.2) is 59.5 Å². The molecule has 0 N–H and O–H groups in total. The fraction of sp³-hybridized carbons (Fsp3) is 0.158. The standard InChI is InChI=1S/C19H14ClF3O4/c1-11(24)13-3-7-15(8-4-13)26-18(17(20)19(21,22)23)27-16-9-5-14(6-10-16)12(2)25/h3-10H,1-2H3. The third-order valence-corrected chi connectivity index (χ3v) is 3.74. The molecule has 0 spiro atoms. The van der Waals surface area contributed by atoms with Crippen molar-refractivity contribution in [3.05, 3.63) is 70.6 Å². The second kappa shape index (κ2) is 8.26. The zero-order valence-electron chi connectivity index (χ0n) is 14.3. The molecule has 2 aromatic carbocycles. The number of hydrogen-bond acceptors (Lipinski definition) is 4. The Kier molecular flexibility index (Phi) is 6.28. The maximum absolute atomic E-state index is 13.0. The first-order valence-electron chi connectivity index (χ1n) is 7.62. The maximum atomic E-state index is 13.0. The predicted molar refractivity (Wildman–Crippen MR) is 93.1 cm³/mol. The number of Topliss-reactive ketones (excluding diaryl/α,β-unsaturated/α-hetero) is 2. The molecule has 0 unspecified atom stereocenters. The van der Waals surface area contributed by atoms with Gasteiger partial charge in [0.15, 0.2) is 11.6 Å². The number of rotatable bonds is 6. The van der Waals surface area contributed by atoms with Crippen molar-refractivity contribution in [1.82, 2.24) is 0 Å². The highest BCUT2D eigenvalue weighted by Crippen LogP contribution is 2.33. The van der Waals surface area contributed by atoms with E-state index in [-0.39, 0.29) is 23.1 Å². The molecule has 0 atom stereocenters. The summed E-state index contributed by atoms with van der Waals surface area (Å²) >= 11 is 5.38. The average molecular weight is 399 g/mol. The first kappa shape index (κ1) is 20.5. The second-order valence-electron chi connectivity index (χ2n) is 5.46. The molecule has 0 amide bonds. The highest BCUT2D eigenvalue weighted by molar-refractivity contribution is 6.30. The van der Waals surface area contributed by atoms with E-state index in [0.717, 1.165) is 0 Å². The van der Waals surface area contributed by atoms with Crippen LogP contribution in [-0.4, -0.2) is 17.7 Å². The number of carbonyl (C=O) groups is 2. The summed E-state index contributed by atoms with van der Waals surface area (Å²) in [5.41, 5.74) is 0.742. The van der Waals surface area contributed by atoms with E-state index >= 15 is 0 Å². The minimum absolute atomic E-state index is 0.00208. The van der Waals surface area contributed by atoms with E-state index in [1.54, 1.807) is 0 Å². The molecule has 8 heteroatoms. The van der Waals surface area contributed by atoms with Gasteiger partial charge in [0.1, 0.15) is 11.5 Å². The van der Waals surface area contributed by atoms with Gasteiger partial charge in [-0.25, -0.2) is 0 Å². The van der Waals surface area contributed by atoms with Crippen LogP contribution in [0.5, 0.6) is 11.5 Å². The van der Waals surface area contributed by atoms with Crippen LogP contribution in [0.1, 0.15) is 34.6 Å². The van der Waals surface area contributed by atoms with Gasteiger partial charge >= 0.3 is 12.1 Å². The van der Waals surface area contributed by atoms with Crippen LogP contribution in [0.3, 0.4) is 0 Å². The highest BCUT2D eigenvalue weighted by atomic mass is 35.5. The summed E-state index contributed by atoms with van der Waals surface area (Å²) < 4.78 is 49.3. The van der Waals surface area contributed by atoms with E-state index < -0.39 is 17.2 Å². The van der Waals surface area contributed by atoms with Crippen LogP contribution in [0.4, 0.5) is 13.2 Å². The number of alkyl halides is 3. The zero-order valence-corrected chi connectivity index (χ0v) is 15.0. The summed E-state index contributed by atoms with van der Waals surface area (Å²) in [6.07, 6.45) is -4.89. The Morgan fingerprint density at radius 1 is 0.778 bits per heavy atom. The van der Waals surface area contributed by atoms with Gasteiger partial charge in [-0.05, 0) is 62.4 Å². The number of halogens is 4. The second-order valence-corrected chi connectivity index (χ2v) is 5.84. The SMILES string of the molecule is CC(=O)c1ccc(OC(Oc2ccc(C(C)=O)cc2)=C(Cl)C(F)(F)F)cc1. The molecule has 0 heterocycles. The smallest absolute Gasteiger partial charge is 0.425 e. The van der Waals surface area contributed by atoms with E-state index in [0.29, 0.717) is 11.1 Å². The molecule has 0 aliphatic rings. The van der Waals surface area contributed by atoms with Crippen LogP contribution >= 0.6 is 11.6 Å². The van der Waals surface area contributed by atoms with Crippen molar-refractivity contribution in [3.63, 3.8) is 0 Å². The predicted octanol–water partition coefficient (Wildman–Crippen LogP) is 5.52. The van der Waals surface area contributed by atoms with Gasteiger partial charge in [-0.1, -0.05) is 11.6 Å². The summed E-state index contributed by atoms with van der Waals surface area (Å²) in [6, 6.07) is 10.9. The number of benzene rings is 2. The molecule has 0 aliphatic carbocycles. The van der Waals surface area contributed by atoms with E-state index in [1.165, 1.54) is 62.4 Å². The normalized spacial score (nSPS) is 10.9. The molecule has 142 valence electrons. The topological polar surface area (TPSA) is 52.6 Å². The van der Waals surface area contributed by atoms with Crippen molar-refractivity contribution in [2.24, 2.45) is 0 Å². The summed E-state index contributed by atoms with van der Waals surface area (Å²) in [4.78, 5) is 22.5. The number of allylic oxidation sites excluding steroid dienone is 1. The Morgan fingerprint density at radius 3 is 1.37 bits per heavy atom. The van der Waals surface area contributed by atoms with Crippen molar-refractivity contribution in [3.8, 4) is 11.5 Å². The molecule has 0 saturated carbocycles. The first-order chi connectivity index (χ1) is 12.6. The van der Waals surface area contributed by atoms with E-state index in [2.05, 4.69) is 0 Å². The lowest BCUT2D eigenvalue weighted by Gasteiger charge is -2.15. The summed E-state index contributed by atoms with van der Waals surface area (Å²) in [6.45, 7) is 2.71. The van der Waals surface area contributed by atoms with Crippen molar-refractivity contribution in [1.29, 1.82) is 0 Å². The Labute approximate surface area is 158 Å². The molecule has 0 bridgehead atoms. The van der Waals surface area contributed by atoms with E-state index in [9.17, 15) is 22.8 Å². The number of ketones is 2. The lowest BCUT2D eigenvalue weighted by Crippen LogP contribution is -2.16. The van der Waals surface area contributed by atoms with Crippen LogP contribution in [0.2, 0.25) is 0 Å². The summed E-state index contributed by atoms with van der Waals surface area (Å²) in [5, 5.41) is -1.59. The lowest BCUT2D eigenvalue weighted by atomic mass is 10.1. The van der Waals surface area contributed by atoms with Gasteiger partial charge in [0.05, 0.1) is 0 Å². The quantitative estimate of drug-likeness (QED) is 0.475. The van der Waals surface area contributed by atoms with E-state index in [4.69, 9.17) is 21.1 Å². The van der Waals surface area contributed by atoms with Crippen LogP contribution in [0, 0.1) is 0 Å². The van der Waals surface area contributed by atoms with Crippen molar-refractivity contribution in [2.45, 2.75) is 20.0 Å². The van der Waals surface area contributed by atoms with Crippen molar-refractivity contribution >= 4 is 23.2 Å². The summed E-state index contributed by atoms with van der Waals surface area (Å²) in [5.74, 6) is -1.38. The van der Waals surface area contributed by atoms with Gasteiger partial charge in [-0.3, -0.25) is 9.59 Å². The number of hydrogen-bond donors (Lipinski definition) is 0. The number of ether oxygens (including phenoxy) is 2. The monoisotopic (exact) mass is 398 g/mol. The minimum atomic E-state index is -4.89. The molecule has 27 heavy (non-hydrogen) atoms. The minimum Gasteiger partial charge on any atom is -0.425 e. The molecular formula is C19H14ClF3O4. The van der Waals surface area contributed by atoms with Crippen molar-refractivity contribution < 1.29 is 32.2 Å². The molecule has 0 fully saturated rings. The lowest BCUT2D eigenvalue weighted by molar-refractivity contribution is -0.0893. The molecule has 2 aromatic rings. The third-order valence-electron chi connectivity index (χ3n) is 3.37. The average Bonchev–Trinajstić information content (AvgIpc) is 2.60. The fourth-order valence-electron chi connectivity index (χ4n) is 1.96. The maximum Gasteiger partial charge on any atom is 0.433 e. The Morgan fingerprint density at radius 2 is 1.11 bits per heavy atom. The summed E-state index contributed by atoms with van der Waals surface area (Å²) in [7, 11) is 0. The van der Waals surface area contributed by atoms with Crippen LogP contribution in [0.25, 0.3) is 0 Å². The van der Waals surface area contributed by atoms with Gasteiger partial charge in [0.25, 0.3) is 0 Å². The van der Waals surface area contributed by atoms with Crippen LogP contribution in [-0.2, 0) is 0 Å². The fourth-order valence-corrected chi connectivity index (χ4v) is 2.03. The molecular weight excluding hydrogens is 385 g/mol. The Bertz CT molecular complexity index is 808. The Hall–Kier alpha value is -2.80.